The van der Waals surface area contributed by atoms with Crippen molar-refractivity contribution < 1.29 is 0 Å². The lowest BCUT2D eigenvalue weighted by molar-refractivity contribution is 0.726. The highest BCUT2D eigenvalue weighted by atomic mass is 15.0. The molecule has 0 bridgehead atoms. The van der Waals surface area contributed by atoms with Crippen molar-refractivity contribution in [3.63, 3.8) is 0 Å². The van der Waals surface area contributed by atoms with Crippen LogP contribution in [-0.2, 0) is 0 Å². The minimum absolute atomic E-state index is 0.188. The van der Waals surface area contributed by atoms with E-state index >= 15 is 0 Å². The maximum Gasteiger partial charge on any atom is 0.222 e. The third-order valence-electron chi connectivity index (χ3n) is 3.78. The first-order chi connectivity index (χ1) is 8.66. The van der Waals surface area contributed by atoms with Gasteiger partial charge in [-0.15, -0.1) is 0 Å². The number of hydrogen-bond acceptors (Lipinski definition) is 5. The van der Waals surface area contributed by atoms with Crippen LogP contribution in [0.2, 0.25) is 0 Å². The topological polar surface area (TPSA) is 104 Å². The molecule has 0 unspecified atom stereocenters. The Morgan fingerprint density at radius 3 is 2.44 bits per heavy atom. The largest absolute Gasteiger partial charge is 0.398 e. The third kappa shape index (κ3) is 1.63. The number of rotatable bonds is 1. The summed E-state index contributed by atoms with van der Waals surface area (Å²) in [5.41, 5.74) is 20.4. The average molecular weight is 243 g/mol. The lowest BCUT2D eigenvalue weighted by Crippen LogP contribution is -2.05. The van der Waals surface area contributed by atoms with Gasteiger partial charge < -0.3 is 17.2 Å². The van der Waals surface area contributed by atoms with Crippen LogP contribution in [-0.4, -0.2) is 9.97 Å². The molecule has 0 radical (unpaired) electrons. The SMILES string of the molecule is Nc1nc(N)c2c(N)c(C3CCCC3)ccc2n1. The summed E-state index contributed by atoms with van der Waals surface area (Å²) in [6.45, 7) is 0. The second-order valence-corrected chi connectivity index (χ2v) is 4.91. The van der Waals surface area contributed by atoms with Crippen LogP contribution in [0.3, 0.4) is 0 Å². The molecule has 1 heterocycles. The second-order valence-electron chi connectivity index (χ2n) is 4.91. The molecule has 6 N–H and O–H groups in total. The Morgan fingerprint density at radius 1 is 1.00 bits per heavy atom. The zero-order valence-electron chi connectivity index (χ0n) is 10.2. The summed E-state index contributed by atoms with van der Waals surface area (Å²) in [5, 5.41) is 0.744. The van der Waals surface area contributed by atoms with E-state index in [1.807, 2.05) is 6.07 Å². The number of nitrogen functional groups attached to an aromatic ring is 3. The molecule has 1 aliphatic carbocycles. The number of fused-ring (bicyclic) bond motifs is 1. The van der Waals surface area contributed by atoms with Gasteiger partial charge in [-0.25, -0.2) is 4.98 Å². The maximum absolute atomic E-state index is 6.25. The Bertz CT molecular complexity index is 602. The van der Waals surface area contributed by atoms with Crippen molar-refractivity contribution in [2.45, 2.75) is 31.6 Å². The number of nitrogens with two attached hydrogens (primary N) is 3. The lowest BCUT2D eigenvalue weighted by Gasteiger charge is -2.15. The van der Waals surface area contributed by atoms with Crippen LogP contribution in [0.4, 0.5) is 17.5 Å². The molecule has 0 saturated heterocycles. The zero-order valence-corrected chi connectivity index (χ0v) is 10.2. The van der Waals surface area contributed by atoms with Crippen molar-refractivity contribution >= 4 is 28.4 Å². The maximum atomic E-state index is 6.25. The van der Waals surface area contributed by atoms with Gasteiger partial charge in [-0.05, 0) is 30.4 Å². The molecule has 94 valence electrons. The molecule has 18 heavy (non-hydrogen) atoms. The predicted molar refractivity (Wildman–Crippen MR) is 74.0 cm³/mol. The van der Waals surface area contributed by atoms with Crippen LogP contribution in [0.5, 0.6) is 0 Å². The molecule has 3 rings (SSSR count). The van der Waals surface area contributed by atoms with Crippen molar-refractivity contribution in [3.05, 3.63) is 17.7 Å². The Kier molecular flexibility index (Phi) is 2.47. The van der Waals surface area contributed by atoms with Crippen molar-refractivity contribution in [1.82, 2.24) is 9.97 Å². The first kappa shape index (κ1) is 11.1. The minimum Gasteiger partial charge on any atom is -0.398 e. The predicted octanol–water partition coefficient (Wildman–Crippen LogP) is 2.03. The first-order valence-corrected chi connectivity index (χ1v) is 6.28. The van der Waals surface area contributed by atoms with Gasteiger partial charge in [0.2, 0.25) is 5.95 Å². The molecule has 1 aromatic heterocycles. The lowest BCUT2D eigenvalue weighted by atomic mass is 9.94. The Balaban J connectivity index is 2.21. The molecule has 1 aliphatic rings. The van der Waals surface area contributed by atoms with E-state index in [2.05, 4.69) is 16.0 Å². The molecule has 1 fully saturated rings. The quantitative estimate of drug-likeness (QED) is 0.665. The summed E-state index contributed by atoms with van der Waals surface area (Å²) in [6.07, 6.45) is 4.95. The highest BCUT2D eigenvalue weighted by Crippen LogP contribution is 2.40. The highest BCUT2D eigenvalue weighted by molar-refractivity contribution is 6.00. The number of hydrogen-bond donors (Lipinski definition) is 3. The van der Waals surface area contributed by atoms with E-state index in [9.17, 15) is 0 Å². The molecule has 0 spiro atoms. The van der Waals surface area contributed by atoms with E-state index in [0.717, 1.165) is 16.6 Å². The van der Waals surface area contributed by atoms with Gasteiger partial charge in [0.05, 0.1) is 10.9 Å². The van der Waals surface area contributed by atoms with Gasteiger partial charge in [-0.2, -0.15) is 4.98 Å². The summed E-state index contributed by atoms with van der Waals surface area (Å²) >= 11 is 0. The minimum atomic E-state index is 0.188. The van der Waals surface area contributed by atoms with Gasteiger partial charge in [-0.1, -0.05) is 18.9 Å². The van der Waals surface area contributed by atoms with Crippen LogP contribution in [0, 0.1) is 0 Å². The number of aromatic nitrogens is 2. The van der Waals surface area contributed by atoms with Crippen LogP contribution < -0.4 is 17.2 Å². The van der Waals surface area contributed by atoms with Crippen LogP contribution in [0.25, 0.3) is 10.9 Å². The van der Waals surface area contributed by atoms with E-state index in [1.54, 1.807) is 0 Å². The van der Waals surface area contributed by atoms with Gasteiger partial charge in [0.25, 0.3) is 0 Å². The van der Waals surface area contributed by atoms with Crippen LogP contribution >= 0.6 is 0 Å². The molecular formula is C13H17N5. The van der Waals surface area contributed by atoms with Crippen LogP contribution in [0.15, 0.2) is 12.1 Å². The normalized spacial score (nSPS) is 16.4. The molecule has 1 aromatic carbocycles. The summed E-state index contributed by atoms with van der Waals surface area (Å²) in [6, 6.07) is 3.99. The van der Waals surface area contributed by atoms with Gasteiger partial charge in [0.1, 0.15) is 5.82 Å². The van der Waals surface area contributed by atoms with Gasteiger partial charge in [-0.3, -0.25) is 0 Å². The van der Waals surface area contributed by atoms with E-state index < -0.39 is 0 Å². The highest BCUT2D eigenvalue weighted by Gasteiger charge is 2.21. The fourth-order valence-corrected chi connectivity index (χ4v) is 2.91. The fourth-order valence-electron chi connectivity index (χ4n) is 2.91. The Morgan fingerprint density at radius 2 is 1.72 bits per heavy atom. The molecule has 5 nitrogen and oxygen atoms in total. The Hall–Kier alpha value is -2.04. The van der Waals surface area contributed by atoms with E-state index in [4.69, 9.17) is 17.2 Å². The third-order valence-corrected chi connectivity index (χ3v) is 3.78. The zero-order chi connectivity index (χ0) is 12.7. The molecule has 1 saturated carbocycles. The Labute approximate surface area is 105 Å². The molecule has 5 heteroatoms. The molecular weight excluding hydrogens is 226 g/mol. The number of benzene rings is 1. The van der Waals surface area contributed by atoms with Crippen LogP contribution in [0.1, 0.15) is 37.2 Å². The smallest absolute Gasteiger partial charge is 0.222 e. The van der Waals surface area contributed by atoms with E-state index in [0.29, 0.717) is 11.7 Å². The molecule has 0 amide bonds. The standard InChI is InChI=1S/C13H17N5/c14-11-8(7-3-1-2-4-7)5-6-9-10(11)12(15)18-13(16)17-9/h5-7H,1-4,14H2,(H4,15,16,17,18). The van der Waals surface area contributed by atoms with Crippen molar-refractivity contribution in [2.75, 3.05) is 17.2 Å². The monoisotopic (exact) mass is 243 g/mol. The average Bonchev–Trinajstić information content (AvgIpc) is 2.81. The van der Waals surface area contributed by atoms with Crippen molar-refractivity contribution in [1.29, 1.82) is 0 Å². The van der Waals surface area contributed by atoms with E-state index in [1.165, 1.54) is 31.2 Å². The van der Waals surface area contributed by atoms with Gasteiger partial charge in [0, 0.05) is 5.69 Å². The second kappa shape index (κ2) is 4.01. The van der Waals surface area contributed by atoms with Crippen molar-refractivity contribution in [3.8, 4) is 0 Å². The molecule has 2 aromatic rings. The van der Waals surface area contributed by atoms with E-state index in [-0.39, 0.29) is 5.95 Å². The summed E-state index contributed by atoms with van der Waals surface area (Å²) in [5.74, 6) is 1.11. The summed E-state index contributed by atoms with van der Waals surface area (Å²) in [7, 11) is 0. The summed E-state index contributed by atoms with van der Waals surface area (Å²) in [4.78, 5) is 8.17. The fraction of sp³-hybridized carbons (Fsp3) is 0.385. The molecule has 0 atom stereocenters. The first-order valence-electron chi connectivity index (χ1n) is 6.28. The number of nitrogens with zero attached hydrogens (tertiary/aromatic N) is 2. The molecule has 0 aliphatic heterocycles. The van der Waals surface area contributed by atoms with Gasteiger partial charge in [0.15, 0.2) is 0 Å². The van der Waals surface area contributed by atoms with Crippen molar-refractivity contribution in [2.24, 2.45) is 0 Å². The van der Waals surface area contributed by atoms with Gasteiger partial charge >= 0.3 is 0 Å². The number of anilines is 3. The summed E-state index contributed by atoms with van der Waals surface area (Å²) < 4.78 is 0.